The number of fused-ring (bicyclic) bond motifs is 3. The summed E-state index contributed by atoms with van der Waals surface area (Å²) in [6.07, 6.45) is 6.40. The van der Waals surface area contributed by atoms with Gasteiger partial charge in [0, 0.05) is 11.8 Å². The Labute approximate surface area is 149 Å². The highest BCUT2D eigenvalue weighted by atomic mass is 28.4. The first-order chi connectivity index (χ1) is 10.9. The molecule has 2 saturated carbocycles. The van der Waals surface area contributed by atoms with E-state index >= 15 is 0 Å². The second kappa shape index (κ2) is 5.65. The zero-order valence-electron chi connectivity index (χ0n) is 16.7. The molecule has 1 heterocycles. The number of ether oxygens (including phenoxy) is 1. The number of hydrogen-bond donors (Lipinski definition) is 0. The normalized spacial score (nSPS) is 45.5. The average Bonchev–Trinajstić information content (AvgIpc) is 2.69. The quantitative estimate of drug-likeness (QED) is 0.660. The first-order valence-electron chi connectivity index (χ1n) is 9.77. The van der Waals surface area contributed by atoms with Crippen LogP contribution in [0.25, 0.3) is 0 Å². The SMILES string of the molecule is CC1(C)O[C@@H]2CC[C@@]3(C)C(=O)CC[C@@H]3[C@@]2(C)CC[C@H]1O[Si](C)(C)C. The highest BCUT2D eigenvalue weighted by Gasteiger charge is 2.61. The van der Waals surface area contributed by atoms with Crippen molar-refractivity contribution in [1.82, 2.24) is 0 Å². The number of ketones is 1. The Morgan fingerprint density at radius 3 is 2.33 bits per heavy atom. The fraction of sp³-hybridized carbons (Fsp3) is 0.950. The summed E-state index contributed by atoms with van der Waals surface area (Å²) in [7, 11) is -1.62. The van der Waals surface area contributed by atoms with Gasteiger partial charge in [0.2, 0.25) is 0 Å². The lowest BCUT2D eigenvalue weighted by Gasteiger charge is -2.52. The van der Waals surface area contributed by atoms with Crippen molar-refractivity contribution in [2.24, 2.45) is 16.7 Å². The fourth-order valence-electron chi connectivity index (χ4n) is 5.82. The van der Waals surface area contributed by atoms with E-state index in [1.165, 1.54) is 0 Å². The molecule has 0 spiro atoms. The molecule has 3 nitrogen and oxygen atoms in total. The smallest absolute Gasteiger partial charge is 0.184 e. The lowest BCUT2D eigenvalue weighted by atomic mass is 9.54. The zero-order valence-corrected chi connectivity index (χ0v) is 17.7. The summed E-state index contributed by atoms with van der Waals surface area (Å²) >= 11 is 0. The van der Waals surface area contributed by atoms with Gasteiger partial charge in [0.1, 0.15) is 5.78 Å². The molecular formula is C20H36O3Si. The summed E-state index contributed by atoms with van der Waals surface area (Å²) in [6.45, 7) is 15.8. The predicted octanol–water partition coefficient (Wildman–Crippen LogP) is 4.95. The maximum absolute atomic E-state index is 12.6. The van der Waals surface area contributed by atoms with E-state index in [4.69, 9.17) is 9.16 Å². The molecule has 1 aliphatic heterocycles. The van der Waals surface area contributed by atoms with Crippen molar-refractivity contribution < 1.29 is 14.0 Å². The minimum atomic E-state index is -1.62. The van der Waals surface area contributed by atoms with E-state index in [-0.39, 0.29) is 28.6 Å². The Balaban J connectivity index is 1.90. The largest absolute Gasteiger partial charge is 0.412 e. The first kappa shape index (κ1) is 18.6. The van der Waals surface area contributed by atoms with Crippen LogP contribution >= 0.6 is 0 Å². The second-order valence-corrected chi connectivity index (χ2v) is 14.9. The van der Waals surface area contributed by atoms with Crippen LogP contribution in [0.15, 0.2) is 0 Å². The molecule has 0 bridgehead atoms. The van der Waals surface area contributed by atoms with E-state index in [9.17, 15) is 4.79 Å². The summed E-state index contributed by atoms with van der Waals surface area (Å²) in [5, 5.41) is 0. The lowest BCUT2D eigenvalue weighted by Crippen LogP contribution is -2.53. The molecule has 0 unspecified atom stereocenters. The van der Waals surface area contributed by atoms with Gasteiger partial charge in [-0.05, 0) is 76.9 Å². The van der Waals surface area contributed by atoms with Crippen LogP contribution in [0.1, 0.15) is 66.2 Å². The van der Waals surface area contributed by atoms with E-state index < -0.39 is 8.32 Å². The van der Waals surface area contributed by atoms with Gasteiger partial charge in [0.15, 0.2) is 8.32 Å². The van der Waals surface area contributed by atoms with Crippen molar-refractivity contribution in [2.75, 3.05) is 0 Å². The van der Waals surface area contributed by atoms with E-state index in [0.29, 0.717) is 11.7 Å². The van der Waals surface area contributed by atoms with Crippen LogP contribution in [0, 0.1) is 16.7 Å². The summed E-state index contributed by atoms with van der Waals surface area (Å²) < 4.78 is 13.3. The number of carbonyl (C=O) groups is 1. The van der Waals surface area contributed by atoms with E-state index in [2.05, 4.69) is 47.3 Å². The van der Waals surface area contributed by atoms with Crippen molar-refractivity contribution in [3.05, 3.63) is 0 Å². The molecule has 0 aromatic carbocycles. The van der Waals surface area contributed by atoms with Crippen LogP contribution in [0.4, 0.5) is 0 Å². The minimum absolute atomic E-state index is 0.105. The van der Waals surface area contributed by atoms with E-state index in [0.717, 1.165) is 38.5 Å². The van der Waals surface area contributed by atoms with Crippen molar-refractivity contribution in [3.8, 4) is 0 Å². The molecule has 0 aromatic rings. The highest BCUT2D eigenvalue weighted by molar-refractivity contribution is 6.69. The summed E-state index contributed by atoms with van der Waals surface area (Å²) in [5.41, 5.74) is -0.259. The predicted molar refractivity (Wildman–Crippen MR) is 99.6 cm³/mol. The Bertz CT molecular complexity index is 523. The maximum atomic E-state index is 12.6. The average molecular weight is 353 g/mol. The van der Waals surface area contributed by atoms with Gasteiger partial charge in [0.05, 0.1) is 17.8 Å². The molecule has 0 N–H and O–H groups in total. The number of hydrogen-bond acceptors (Lipinski definition) is 3. The van der Waals surface area contributed by atoms with Crippen LogP contribution < -0.4 is 0 Å². The third kappa shape index (κ3) is 2.93. The fourth-order valence-corrected chi connectivity index (χ4v) is 7.07. The van der Waals surface area contributed by atoms with Crippen LogP contribution in [0.3, 0.4) is 0 Å². The third-order valence-electron chi connectivity index (χ3n) is 7.19. The van der Waals surface area contributed by atoms with Crippen molar-refractivity contribution in [1.29, 1.82) is 0 Å². The Morgan fingerprint density at radius 1 is 1.04 bits per heavy atom. The number of rotatable bonds is 2. The number of Topliss-reactive ketones (excluding diaryl/α,β-unsaturated/α-hetero) is 1. The van der Waals surface area contributed by atoms with E-state index in [1.807, 2.05) is 0 Å². The molecule has 5 atom stereocenters. The number of carbonyl (C=O) groups excluding carboxylic acids is 1. The van der Waals surface area contributed by atoms with Crippen molar-refractivity contribution in [2.45, 2.75) is 104 Å². The first-order valence-corrected chi connectivity index (χ1v) is 13.2. The molecule has 3 aliphatic rings. The van der Waals surface area contributed by atoms with Gasteiger partial charge >= 0.3 is 0 Å². The summed E-state index contributed by atoms with van der Waals surface area (Å²) in [4.78, 5) is 12.6. The standard InChI is InChI=1S/C20H36O3Si/c1-18(2)16(23-24(5,6)7)10-13-20(4)14-8-9-15(21)19(14,3)12-11-17(20)22-18/h14,16-17H,8-13H2,1-7H3/t14-,16+,17+,19+,20+/m0/s1. The van der Waals surface area contributed by atoms with Gasteiger partial charge in [-0.1, -0.05) is 13.8 Å². The van der Waals surface area contributed by atoms with Gasteiger partial charge in [-0.25, -0.2) is 0 Å². The highest BCUT2D eigenvalue weighted by Crippen LogP contribution is 2.61. The Kier molecular flexibility index (Phi) is 4.38. The topological polar surface area (TPSA) is 35.5 Å². The lowest BCUT2D eigenvalue weighted by molar-refractivity contribution is -0.182. The molecule has 0 aromatic heterocycles. The van der Waals surface area contributed by atoms with Crippen LogP contribution in [-0.4, -0.2) is 31.9 Å². The zero-order chi connectivity index (χ0) is 18.0. The molecule has 24 heavy (non-hydrogen) atoms. The summed E-state index contributed by atoms with van der Waals surface area (Å²) in [5.74, 6) is 0.961. The van der Waals surface area contributed by atoms with Crippen molar-refractivity contribution in [3.63, 3.8) is 0 Å². The van der Waals surface area contributed by atoms with Gasteiger partial charge in [-0.15, -0.1) is 0 Å². The van der Waals surface area contributed by atoms with Crippen LogP contribution in [-0.2, 0) is 14.0 Å². The second-order valence-electron chi connectivity index (χ2n) is 10.4. The molecule has 0 radical (unpaired) electrons. The Hall–Kier alpha value is -0.193. The van der Waals surface area contributed by atoms with Crippen LogP contribution in [0.2, 0.25) is 19.6 Å². The Morgan fingerprint density at radius 2 is 1.71 bits per heavy atom. The molecule has 138 valence electrons. The molecule has 2 aliphatic carbocycles. The molecule has 1 saturated heterocycles. The molecular weight excluding hydrogens is 316 g/mol. The van der Waals surface area contributed by atoms with Gasteiger partial charge < -0.3 is 9.16 Å². The molecule has 3 rings (SSSR count). The van der Waals surface area contributed by atoms with Crippen molar-refractivity contribution >= 4 is 14.1 Å². The minimum Gasteiger partial charge on any atom is -0.412 e. The van der Waals surface area contributed by atoms with Gasteiger partial charge in [-0.2, -0.15) is 0 Å². The van der Waals surface area contributed by atoms with Crippen LogP contribution in [0.5, 0.6) is 0 Å². The molecule has 0 amide bonds. The van der Waals surface area contributed by atoms with Gasteiger partial charge in [0.25, 0.3) is 0 Å². The van der Waals surface area contributed by atoms with Gasteiger partial charge in [-0.3, -0.25) is 4.79 Å². The van der Waals surface area contributed by atoms with E-state index in [1.54, 1.807) is 0 Å². The summed E-state index contributed by atoms with van der Waals surface area (Å²) in [6, 6.07) is 0. The molecule has 4 heteroatoms. The monoisotopic (exact) mass is 352 g/mol. The third-order valence-corrected chi connectivity index (χ3v) is 8.18. The maximum Gasteiger partial charge on any atom is 0.184 e. The molecule has 3 fully saturated rings.